The van der Waals surface area contributed by atoms with Crippen LogP contribution in [0.1, 0.15) is 64.2 Å². The van der Waals surface area contributed by atoms with Gasteiger partial charge in [-0.05, 0) is 78.5 Å². The van der Waals surface area contributed by atoms with E-state index in [1.54, 1.807) is 70.5 Å². The van der Waals surface area contributed by atoms with Crippen LogP contribution in [0, 0.1) is 11.8 Å². The molecule has 0 bridgehead atoms. The van der Waals surface area contributed by atoms with Gasteiger partial charge in [0.25, 0.3) is 0 Å². The summed E-state index contributed by atoms with van der Waals surface area (Å²) in [7, 11) is 0. The maximum Gasteiger partial charge on any atom is 0.326 e. The molecule has 4 rings (SSSR count). The lowest BCUT2D eigenvalue weighted by Crippen LogP contribution is -2.59. The van der Waals surface area contributed by atoms with Gasteiger partial charge >= 0.3 is 11.9 Å². The molecule has 0 radical (unpaired) electrons. The highest BCUT2D eigenvalue weighted by Crippen LogP contribution is 2.19. The Balaban J connectivity index is 1.41. The zero-order valence-corrected chi connectivity index (χ0v) is 46.6. The van der Waals surface area contributed by atoms with Crippen molar-refractivity contribution in [2.24, 2.45) is 17.6 Å². The van der Waals surface area contributed by atoms with E-state index in [-0.39, 0.29) is 31.4 Å². The third kappa shape index (κ3) is 21.2. The van der Waals surface area contributed by atoms with Gasteiger partial charge in [0.15, 0.2) is 0 Å². The molecule has 15 N–H and O–H groups in total. The molecule has 8 atom stereocenters. The average Bonchev–Trinajstić information content (AvgIpc) is 3.85. The summed E-state index contributed by atoms with van der Waals surface area (Å²) in [5.41, 5.74) is 9.00. The standard InChI is InChI=1S/C55H73N11O14S/c1-29(2)46(65-44(69)28-59-54(78)47(30(3)4)66-49(73)37(56)24-34-26-57-38-15-11-10-14-36(34)38)53(77)58-27-43(68)61-40(22-32-12-8-7-9-13-32)52(76)63-41(23-33-16-18-35(67)19-17-33)51(75)60-31(5)48(72)62-39(20-21-81-6)50(74)64-42(55(79)80)25-45(70)71/h7-19,26,29-31,37,39-42,46-47,57,67H,20-25,27-28,56H2,1-6H3,(H,58,77)(H,59,78)(H,60,75)(H,61,68)(H,62,72)(H,63,76)(H,64,74)(H,65,69)(H,66,73)(H,70,71)(H,79,80)/t31-,37-,39-,40-,41-,42-,46-,47-/m0/s1. The molecule has 0 fully saturated rings. The van der Waals surface area contributed by atoms with Gasteiger partial charge in [-0.3, -0.25) is 47.9 Å². The van der Waals surface area contributed by atoms with Crippen molar-refractivity contribution in [3.05, 3.63) is 102 Å². The second-order valence-corrected chi connectivity index (χ2v) is 20.9. The molecule has 26 heteroatoms. The number of benzene rings is 3. The van der Waals surface area contributed by atoms with Crippen molar-refractivity contribution >= 4 is 87.8 Å². The number of aromatic hydroxyl groups is 1. The van der Waals surface area contributed by atoms with Crippen LogP contribution in [0.4, 0.5) is 0 Å². The first-order valence-electron chi connectivity index (χ1n) is 26.1. The van der Waals surface area contributed by atoms with Crippen LogP contribution in [0.3, 0.4) is 0 Å². The number of carboxylic acid groups (broad SMARTS) is 2. The topological polar surface area (TPSA) is 399 Å². The van der Waals surface area contributed by atoms with Crippen LogP contribution in [0.5, 0.6) is 5.75 Å². The van der Waals surface area contributed by atoms with Gasteiger partial charge in [0.2, 0.25) is 53.2 Å². The number of aromatic amines is 1. The molecule has 0 unspecified atom stereocenters. The van der Waals surface area contributed by atoms with Crippen LogP contribution in [0.15, 0.2) is 85.1 Å². The fraction of sp³-hybridized carbons (Fsp3) is 0.436. The molecule has 0 aliphatic carbocycles. The minimum atomic E-state index is -1.80. The van der Waals surface area contributed by atoms with E-state index in [0.717, 1.165) is 16.5 Å². The molecule has 0 spiro atoms. The van der Waals surface area contributed by atoms with Gasteiger partial charge in [0.05, 0.1) is 25.6 Å². The predicted octanol–water partition coefficient (Wildman–Crippen LogP) is -0.501. The van der Waals surface area contributed by atoms with Gasteiger partial charge in [-0.15, -0.1) is 0 Å². The Morgan fingerprint density at radius 1 is 0.543 bits per heavy atom. The van der Waals surface area contributed by atoms with Crippen molar-refractivity contribution in [3.8, 4) is 5.75 Å². The van der Waals surface area contributed by atoms with E-state index < -0.39 is 145 Å². The first-order valence-corrected chi connectivity index (χ1v) is 27.5. The van der Waals surface area contributed by atoms with Crippen molar-refractivity contribution < 1.29 is 68.1 Å². The smallest absolute Gasteiger partial charge is 0.326 e. The molecule has 1 heterocycles. The highest BCUT2D eigenvalue weighted by atomic mass is 32.2. The number of carbonyl (C=O) groups excluding carboxylic acids is 9. The number of aliphatic carboxylic acids is 2. The van der Waals surface area contributed by atoms with E-state index in [9.17, 15) is 63.0 Å². The van der Waals surface area contributed by atoms with Crippen molar-refractivity contribution in [1.29, 1.82) is 0 Å². The normalized spacial score (nSPS) is 14.1. The van der Waals surface area contributed by atoms with Crippen molar-refractivity contribution in [2.45, 2.75) is 115 Å². The molecule has 0 aliphatic rings. The lowest BCUT2D eigenvalue weighted by molar-refractivity contribution is -0.147. The minimum Gasteiger partial charge on any atom is -0.508 e. The molecular formula is C55H73N11O14S. The van der Waals surface area contributed by atoms with E-state index in [0.29, 0.717) is 16.9 Å². The SMILES string of the molecule is CSCC[C@H](NC(=O)[C@H](C)NC(=O)[C@H](Cc1ccc(O)cc1)NC(=O)[C@H](Cc1ccccc1)NC(=O)CNC(=O)[C@@H](NC(=O)CNC(=O)[C@@H](NC(=O)[C@@H](N)Cc1c[nH]c2ccccc12)C(C)C)C(C)C)C(=O)N[C@@H](CC(=O)O)C(=O)O. The van der Waals surface area contributed by atoms with Gasteiger partial charge in [0, 0.05) is 29.9 Å². The molecule has 0 aliphatic heterocycles. The number of carboxylic acids is 2. The zero-order chi connectivity index (χ0) is 59.9. The number of carbonyl (C=O) groups is 11. The maximum absolute atomic E-state index is 14.3. The number of fused-ring (bicyclic) bond motifs is 1. The third-order valence-electron chi connectivity index (χ3n) is 12.7. The molecule has 0 saturated heterocycles. The minimum absolute atomic E-state index is 0.00145. The third-order valence-corrected chi connectivity index (χ3v) is 13.4. The molecule has 3 aromatic carbocycles. The number of phenols is 1. The monoisotopic (exact) mass is 1140 g/mol. The van der Waals surface area contributed by atoms with Gasteiger partial charge in [-0.25, -0.2) is 4.79 Å². The Labute approximate surface area is 472 Å². The molecule has 1 aromatic heterocycles. The van der Waals surface area contributed by atoms with Gasteiger partial charge in [0.1, 0.15) is 48.0 Å². The highest BCUT2D eigenvalue weighted by Gasteiger charge is 2.34. The Bertz CT molecular complexity index is 2850. The first-order chi connectivity index (χ1) is 38.4. The summed E-state index contributed by atoms with van der Waals surface area (Å²) in [5, 5.41) is 52.0. The van der Waals surface area contributed by atoms with Gasteiger partial charge in [-0.1, -0.05) is 88.4 Å². The molecule has 25 nitrogen and oxygen atoms in total. The van der Waals surface area contributed by atoms with E-state index in [4.69, 9.17) is 10.8 Å². The van der Waals surface area contributed by atoms with Crippen molar-refractivity contribution in [3.63, 3.8) is 0 Å². The molecule has 0 saturated carbocycles. The Hall–Kier alpha value is -8.52. The Kier molecular flexibility index (Phi) is 25.6. The molecular weight excluding hydrogens is 1070 g/mol. The van der Waals surface area contributed by atoms with E-state index in [1.807, 2.05) is 24.3 Å². The summed E-state index contributed by atoms with van der Waals surface area (Å²) in [6.07, 6.45) is 2.45. The number of nitrogens with one attached hydrogen (secondary N) is 10. The summed E-state index contributed by atoms with van der Waals surface area (Å²) in [6, 6.07) is 11.2. The van der Waals surface area contributed by atoms with Crippen LogP contribution in [0.25, 0.3) is 10.9 Å². The second-order valence-electron chi connectivity index (χ2n) is 19.9. The summed E-state index contributed by atoms with van der Waals surface area (Å²) >= 11 is 1.31. The van der Waals surface area contributed by atoms with E-state index in [1.165, 1.54) is 43.0 Å². The van der Waals surface area contributed by atoms with Gasteiger partial charge < -0.3 is 73.9 Å². The summed E-state index contributed by atoms with van der Waals surface area (Å²) in [6.45, 7) is 6.73. The quantitative estimate of drug-likeness (QED) is 0.0293. The van der Waals surface area contributed by atoms with Crippen molar-refractivity contribution in [1.82, 2.24) is 52.8 Å². The van der Waals surface area contributed by atoms with Crippen LogP contribution >= 0.6 is 11.8 Å². The number of para-hydroxylation sites is 1. The second kappa shape index (κ2) is 31.9. The highest BCUT2D eigenvalue weighted by molar-refractivity contribution is 7.98. The number of hydrogen-bond donors (Lipinski definition) is 14. The van der Waals surface area contributed by atoms with Crippen LogP contribution < -0.4 is 53.6 Å². The largest absolute Gasteiger partial charge is 0.508 e. The predicted molar refractivity (Wildman–Crippen MR) is 300 cm³/mol. The lowest BCUT2D eigenvalue weighted by atomic mass is 10.0. The summed E-state index contributed by atoms with van der Waals surface area (Å²) < 4.78 is 0. The first kappa shape index (κ1) is 65.0. The fourth-order valence-corrected chi connectivity index (χ4v) is 8.69. The fourth-order valence-electron chi connectivity index (χ4n) is 8.22. The Morgan fingerprint density at radius 2 is 1.05 bits per heavy atom. The average molecular weight is 1140 g/mol. The number of amides is 9. The molecule has 4 aromatic rings. The Morgan fingerprint density at radius 3 is 1.63 bits per heavy atom. The number of H-pyrrole nitrogens is 1. The van der Waals surface area contributed by atoms with Crippen LogP contribution in [0.2, 0.25) is 0 Å². The lowest BCUT2D eigenvalue weighted by Gasteiger charge is -2.26. The van der Waals surface area contributed by atoms with E-state index >= 15 is 0 Å². The van der Waals surface area contributed by atoms with E-state index in [2.05, 4.69) is 52.8 Å². The van der Waals surface area contributed by atoms with Crippen LogP contribution in [-0.4, -0.2) is 159 Å². The molecule has 81 heavy (non-hydrogen) atoms. The number of phenolic OH excluding ortho intramolecular Hbond substituents is 1. The molecule has 438 valence electrons. The van der Waals surface area contributed by atoms with Crippen LogP contribution in [-0.2, 0) is 72.0 Å². The van der Waals surface area contributed by atoms with Gasteiger partial charge in [-0.2, -0.15) is 11.8 Å². The molecule has 9 amide bonds. The number of thioether (sulfide) groups is 1. The van der Waals surface area contributed by atoms with Crippen molar-refractivity contribution in [2.75, 3.05) is 25.1 Å². The zero-order valence-electron chi connectivity index (χ0n) is 45.8. The number of hydrogen-bond acceptors (Lipinski definition) is 14. The maximum atomic E-state index is 14.3. The number of nitrogens with two attached hydrogens (primary N) is 1. The number of rotatable bonds is 32. The summed E-state index contributed by atoms with van der Waals surface area (Å²) in [4.78, 5) is 148. The number of aromatic nitrogens is 1. The summed E-state index contributed by atoms with van der Waals surface area (Å²) in [5.74, 6) is -11.0.